The van der Waals surface area contributed by atoms with Crippen LogP contribution in [-0.4, -0.2) is 51.7 Å². The van der Waals surface area contributed by atoms with E-state index in [0.717, 1.165) is 0 Å². The molecule has 0 aliphatic carbocycles. The molecule has 0 aliphatic heterocycles. The van der Waals surface area contributed by atoms with E-state index in [-0.39, 0.29) is 42.1 Å². The number of nitrogens with one attached hydrogen (secondary N) is 2. The Labute approximate surface area is 191 Å². The molecule has 0 fully saturated rings. The van der Waals surface area contributed by atoms with Gasteiger partial charge in [0, 0.05) is 12.0 Å². The molecule has 1 aromatic heterocycles. The van der Waals surface area contributed by atoms with Crippen molar-refractivity contribution in [2.45, 2.75) is 45.8 Å². The van der Waals surface area contributed by atoms with Gasteiger partial charge < -0.3 is 20.9 Å². The average Bonchev–Trinajstić information content (AvgIpc) is 2.76. The number of anilines is 1. The van der Waals surface area contributed by atoms with Gasteiger partial charge in [0.1, 0.15) is 24.1 Å². The van der Waals surface area contributed by atoms with Gasteiger partial charge in [0.25, 0.3) is 5.91 Å². The summed E-state index contributed by atoms with van der Waals surface area (Å²) in [6.07, 6.45) is -0.240. The Morgan fingerprint density at radius 2 is 2.06 bits per heavy atom. The summed E-state index contributed by atoms with van der Waals surface area (Å²) in [5.41, 5.74) is 7.83. The highest BCUT2D eigenvalue weighted by atomic mass is 16.7. The van der Waals surface area contributed by atoms with Crippen LogP contribution in [0.3, 0.4) is 0 Å². The first kappa shape index (κ1) is 25.5. The highest BCUT2D eigenvalue weighted by Crippen LogP contribution is 2.27. The van der Waals surface area contributed by atoms with E-state index in [1.54, 1.807) is 38.1 Å². The molecule has 2 amide bonds. The Hall–Kier alpha value is -3.75. The van der Waals surface area contributed by atoms with Crippen LogP contribution in [0.25, 0.3) is 11.4 Å². The first-order valence-corrected chi connectivity index (χ1v) is 10.3. The topological polar surface area (TPSA) is 172 Å². The zero-order valence-electron chi connectivity index (χ0n) is 19.0. The fourth-order valence-corrected chi connectivity index (χ4v) is 2.56. The predicted molar refractivity (Wildman–Crippen MR) is 120 cm³/mol. The molecule has 0 spiro atoms. The number of carbonyl (C=O) groups excluding carboxylic acids is 2. The zero-order valence-corrected chi connectivity index (χ0v) is 19.0. The molecule has 1 aromatic carbocycles. The number of amides is 2. The number of nitrogens with zero attached hydrogens (tertiary/aromatic N) is 3. The van der Waals surface area contributed by atoms with Crippen LogP contribution in [0.2, 0.25) is 0 Å². The molecule has 0 saturated heterocycles. The number of aromatic nitrogens is 2. The van der Waals surface area contributed by atoms with E-state index in [9.17, 15) is 14.7 Å². The summed E-state index contributed by atoms with van der Waals surface area (Å²) >= 11 is 0. The third-order valence-corrected chi connectivity index (χ3v) is 4.19. The van der Waals surface area contributed by atoms with E-state index in [1.807, 2.05) is 6.07 Å². The van der Waals surface area contributed by atoms with Gasteiger partial charge in [0.15, 0.2) is 5.82 Å². The highest BCUT2D eigenvalue weighted by Gasteiger charge is 2.24. The average molecular weight is 457 g/mol. The van der Waals surface area contributed by atoms with E-state index in [4.69, 9.17) is 20.6 Å². The predicted octanol–water partition coefficient (Wildman–Crippen LogP) is 1.32. The Bertz CT molecular complexity index is 1040. The van der Waals surface area contributed by atoms with Crippen molar-refractivity contribution in [1.29, 1.82) is 5.26 Å². The summed E-state index contributed by atoms with van der Waals surface area (Å²) in [6, 6.07) is 8.61. The number of rotatable bonds is 10. The third kappa shape index (κ3) is 7.71. The second-order valence-corrected chi connectivity index (χ2v) is 7.92. The van der Waals surface area contributed by atoms with Crippen molar-refractivity contribution < 1.29 is 24.3 Å². The van der Waals surface area contributed by atoms with Crippen molar-refractivity contribution in [3.8, 4) is 23.3 Å². The minimum atomic E-state index is -1.17. The fourth-order valence-electron chi connectivity index (χ4n) is 2.56. The van der Waals surface area contributed by atoms with Gasteiger partial charge >= 0.3 is 0 Å². The van der Waals surface area contributed by atoms with Gasteiger partial charge in [-0.15, -0.1) is 0 Å². The number of hydroxylamine groups is 1. The largest absolute Gasteiger partial charge is 0.472 e. The van der Waals surface area contributed by atoms with Crippen LogP contribution in [0.4, 0.5) is 5.82 Å². The number of ether oxygens (including phenoxy) is 1. The lowest BCUT2D eigenvalue weighted by Crippen LogP contribution is -2.35. The monoisotopic (exact) mass is 456 g/mol. The molecule has 176 valence electrons. The maximum atomic E-state index is 12.7. The van der Waals surface area contributed by atoms with Crippen molar-refractivity contribution in [2.75, 3.05) is 18.9 Å². The zero-order chi connectivity index (χ0) is 24.6. The summed E-state index contributed by atoms with van der Waals surface area (Å²) in [7, 11) is 0. The molecule has 11 nitrogen and oxygen atoms in total. The molecule has 2 aromatic rings. The van der Waals surface area contributed by atoms with Gasteiger partial charge in [-0.25, -0.2) is 10.5 Å². The fraction of sp³-hybridized carbons (Fsp3) is 0.409. The molecular formula is C22H28N6O5. The second kappa shape index (κ2) is 11.2. The summed E-state index contributed by atoms with van der Waals surface area (Å²) in [5, 5.41) is 21.6. The van der Waals surface area contributed by atoms with E-state index in [0.29, 0.717) is 17.5 Å². The Kier molecular flexibility index (Phi) is 8.67. The van der Waals surface area contributed by atoms with E-state index >= 15 is 0 Å². The minimum absolute atomic E-state index is 0.123. The molecule has 5 N–H and O–H groups in total. The Morgan fingerprint density at radius 1 is 1.33 bits per heavy atom. The van der Waals surface area contributed by atoms with Gasteiger partial charge in [0.05, 0.1) is 23.8 Å². The first-order valence-electron chi connectivity index (χ1n) is 10.3. The molecule has 33 heavy (non-hydrogen) atoms. The highest BCUT2D eigenvalue weighted by molar-refractivity contribution is 6.00. The van der Waals surface area contributed by atoms with Crippen LogP contribution in [0, 0.1) is 11.3 Å². The Morgan fingerprint density at radius 3 is 2.70 bits per heavy atom. The second-order valence-electron chi connectivity index (χ2n) is 7.92. The van der Waals surface area contributed by atoms with Gasteiger partial charge in [0.2, 0.25) is 11.8 Å². The number of nitrogens with two attached hydrogens (primary N) is 1. The summed E-state index contributed by atoms with van der Waals surface area (Å²) in [6.45, 7) is 6.45. The van der Waals surface area contributed by atoms with Crippen molar-refractivity contribution in [3.63, 3.8) is 0 Å². The summed E-state index contributed by atoms with van der Waals surface area (Å²) in [4.78, 5) is 37.9. The van der Waals surface area contributed by atoms with Crippen molar-refractivity contribution >= 4 is 17.6 Å². The van der Waals surface area contributed by atoms with E-state index in [2.05, 4.69) is 20.8 Å². The van der Waals surface area contributed by atoms with E-state index < -0.39 is 17.6 Å². The number of nitriles is 1. The number of nitrogen functional groups attached to an aromatic ring is 1. The molecular weight excluding hydrogens is 428 g/mol. The Balaban J connectivity index is 2.38. The maximum Gasteiger partial charge on any atom is 0.284 e. The summed E-state index contributed by atoms with van der Waals surface area (Å²) < 4.78 is 5.83. The van der Waals surface area contributed by atoms with Crippen LogP contribution in [0.15, 0.2) is 24.3 Å². The normalized spacial score (nSPS) is 11.9. The standard InChI is InChI=1S/C22H28N6O5/c1-5-16(29)25-11-13(2)33-21-17(20(30)28-32-12-22(3,4)31)18(24)26-19(27-21)15-8-6-7-14(9-15)10-23/h6-9,13,31H,5,11-12H2,1-4H3,(H,25,29)(H,28,30)(H2,24,26,27). The third-order valence-electron chi connectivity index (χ3n) is 4.19. The summed E-state index contributed by atoms with van der Waals surface area (Å²) in [5.74, 6) is -1.07. The van der Waals surface area contributed by atoms with Crippen molar-refractivity contribution in [1.82, 2.24) is 20.8 Å². The number of aliphatic hydroxyl groups is 1. The molecule has 0 saturated carbocycles. The maximum absolute atomic E-state index is 12.7. The molecule has 1 unspecified atom stereocenters. The number of hydrogen-bond donors (Lipinski definition) is 4. The molecule has 0 bridgehead atoms. The molecule has 0 radical (unpaired) electrons. The van der Waals surface area contributed by atoms with Crippen LogP contribution in [0.5, 0.6) is 5.88 Å². The van der Waals surface area contributed by atoms with Crippen LogP contribution in [0.1, 0.15) is 50.0 Å². The van der Waals surface area contributed by atoms with Gasteiger partial charge in [-0.3, -0.25) is 14.4 Å². The van der Waals surface area contributed by atoms with Gasteiger partial charge in [-0.05, 0) is 32.9 Å². The minimum Gasteiger partial charge on any atom is -0.472 e. The molecule has 0 aliphatic rings. The van der Waals surface area contributed by atoms with Crippen LogP contribution >= 0.6 is 0 Å². The first-order chi connectivity index (χ1) is 15.5. The van der Waals surface area contributed by atoms with Crippen LogP contribution in [-0.2, 0) is 9.63 Å². The molecule has 2 rings (SSSR count). The number of hydrogen-bond acceptors (Lipinski definition) is 9. The van der Waals surface area contributed by atoms with Crippen LogP contribution < -0.4 is 21.3 Å². The number of carbonyl (C=O) groups is 2. The SMILES string of the molecule is CCC(=O)NCC(C)Oc1nc(-c2cccc(C#N)c2)nc(N)c1C(=O)NOCC(C)(C)O. The molecule has 11 heteroatoms. The lowest BCUT2D eigenvalue weighted by Gasteiger charge is -2.19. The molecule has 1 atom stereocenters. The van der Waals surface area contributed by atoms with Crippen molar-refractivity contribution in [2.24, 2.45) is 0 Å². The van der Waals surface area contributed by atoms with Crippen molar-refractivity contribution in [3.05, 3.63) is 35.4 Å². The van der Waals surface area contributed by atoms with Gasteiger partial charge in [-0.2, -0.15) is 10.2 Å². The lowest BCUT2D eigenvalue weighted by molar-refractivity contribution is -0.121. The smallest absolute Gasteiger partial charge is 0.284 e. The van der Waals surface area contributed by atoms with Gasteiger partial charge in [-0.1, -0.05) is 19.1 Å². The lowest BCUT2D eigenvalue weighted by atomic mass is 10.1. The quantitative estimate of drug-likeness (QED) is 0.385. The molecule has 1 heterocycles. The van der Waals surface area contributed by atoms with E-state index in [1.165, 1.54) is 13.8 Å². The number of benzene rings is 1.